The summed E-state index contributed by atoms with van der Waals surface area (Å²) in [5, 5.41) is 3.29. The van der Waals surface area contributed by atoms with Crippen LogP contribution in [0, 0.1) is 0 Å². The molecule has 0 atom stereocenters. The molecule has 0 saturated carbocycles. The minimum atomic E-state index is -2.61. The number of carbonyl (C=O) groups is 2. The third-order valence-electron chi connectivity index (χ3n) is 4.77. The molecule has 0 aromatic heterocycles. The average molecular weight is 400 g/mol. The van der Waals surface area contributed by atoms with E-state index in [1.807, 2.05) is 4.67 Å². The molecule has 1 N–H and O–H groups in total. The monoisotopic (exact) mass is 399 g/mol. The Balaban J connectivity index is 2.75. The van der Waals surface area contributed by atoms with Gasteiger partial charge in [0.15, 0.2) is 0 Å². The topological polar surface area (TPSA) is 55.9 Å². The van der Waals surface area contributed by atoms with Crippen molar-refractivity contribution in [3.8, 4) is 0 Å². The van der Waals surface area contributed by atoms with Crippen molar-refractivity contribution in [3.63, 3.8) is 0 Å². The van der Waals surface area contributed by atoms with Gasteiger partial charge in [0.25, 0.3) is 11.8 Å². The number of amides is 2. The van der Waals surface area contributed by atoms with Crippen LogP contribution >= 0.6 is 19.5 Å². The van der Waals surface area contributed by atoms with E-state index >= 15 is 0 Å². The Labute approximate surface area is 162 Å². The zero-order valence-electron chi connectivity index (χ0n) is 16.0. The summed E-state index contributed by atoms with van der Waals surface area (Å²) in [6, 6.07) is 7.02. The predicted molar refractivity (Wildman–Crippen MR) is 108 cm³/mol. The van der Waals surface area contributed by atoms with E-state index in [0.717, 1.165) is 26.2 Å². The zero-order valence-corrected chi connectivity index (χ0v) is 17.7. The number of alkyl halides is 1. The lowest BCUT2D eigenvalue weighted by molar-refractivity contribution is 0.0850. The number of hydrogen-bond donors (Lipinski definition) is 1. The second kappa shape index (κ2) is 9.14. The highest BCUT2D eigenvalue weighted by atomic mass is 35.5. The van der Waals surface area contributed by atoms with Crippen LogP contribution in [-0.4, -0.2) is 64.4 Å². The van der Waals surface area contributed by atoms with Crippen LogP contribution in [0.2, 0.25) is 0 Å². The smallest absolute Gasteiger partial charge is 0.266 e. The molecule has 26 heavy (non-hydrogen) atoms. The second-order valence-electron chi connectivity index (χ2n) is 5.95. The van der Waals surface area contributed by atoms with Gasteiger partial charge in [0.2, 0.25) is 0 Å². The molecule has 144 valence electrons. The number of rotatable bonds is 8. The average Bonchev–Trinajstić information content (AvgIpc) is 2.74. The van der Waals surface area contributed by atoms with Crippen LogP contribution in [0.1, 0.15) is 48.4 Å². The van der Waals surface area contributed by atoms with E-state index in [1.54, 1.807) is 24.3 Å². The summed E-state index contributed by atoms with van der Waals surface area (Å²) < 4.78 is 6.26. The molecular formula is C18H29ClN4O2P+. The van der Waals surface area contributed by atoms with Gasteiger partial charge in [-0.05, 0) is 39.8 Å². The molecule has 1 heterocycles. The Morgan fingerprint density at radius 2 is 1.46 bits per heavy atom. The van der Waals surface area contributed by atoms with Crippen LogP contribution < -0.4 is 5.09 Å². The van der Waals surface area contributed by atoms with Crippen molar-refractivity contribution in [1.82, 2.24) is 19.1 Å². The van der Waals surface area contributed by atoms with Gasteiger partial charge in [-0.1, -0.05) is 12.1 Å². The van der Waals surface area contributed by atoms with Crippen LogP contribution in [0.15, 0.2) is 24.3 Å². The number of benzene rings is 1. The maximum absolute atomic E-state index is 13.5. The predicted octanol–water partition coefficient (Wildman–Crippen LogP) is 3.47. The molecule has 0 unspecified atom stereocenters. The van der Waals surface area contributed by atoms with Crippen molar-refractivity contribution in [2.75, 3.05) is 38.6 Å². The third-order valence-corrected chi connectivity index (χ3v) is 9.21. The van der Waals surface area contributed by atoms with Crippen molar-refractivity contribution < 1.29 is 9.59 Å². The maximum atomic E-state index is 13.5. The van der Waals surface area contributed by atoms with Gasteiger partial charge in [-0.15, -0.1) is 20.9 Å². The molecule has 0 fully saturated rings. The van der Waals surface area contributed by atoms with Crippen molar-refractivity contribution in [3.05, 3.63) is 35.4 Å². The highest BCUT2D eigenvalue weighted by molar-refractivity contribution is 7.68. The highest BCUT2D eigenvalue weighted by Gasteiger charge is 2.60. The van der Waals surface area contributed by atoms with E-state index in [4.69, 9.17) is 11.6 Å². The molecule has 0 aliphatic carbocycles. The standard InChI is InChI=1S/C18H28ClN4O2P/c1-5-21(6-2)26(22(7-3)8-4)20-17(24)15-11-9-10-12-16(15)18(25)23(26)14-13-19/h9-12H,5-8,13-14H2,1-4H3/p+1. The van der Waals surface area contributed by atoms with Crippen LogP contribution in [0.25, 0.3) is 0 Å². The van der Waals surface area contributed by atoms with Crippen LogP contribution in [0.5, 0.6) is 0 Å². The molecule has 1 aliphatic rings. The van der Waals surface area contributed by atoms with Gasteiger partial charge in [0, 0.05) is 32.1 Å². The van der Waals surface area contributed by atoms with Crippen LogP contribution in [-0.2, 0) is 0 Å². The van der Waals surface area contributed by atoms with Crippen molar-refractivity contribution >= 4 is 31.3 Å². The van der Waals surface area contributed by atoms with Crippen LogP contribution in [0.3, 0.4) is 0 Å². The van der Waals surface area contributed by atoms with E-state index in [1.165, 1.54) is 0 Å². The molecule has 8 heteroatoms. The molecule has 1 aromatic carbocycles. The Bertz CT molecular complexity index is 638. The first-order valence-corrected chi connectivity index (χ1v) is 11.4. The number of fused-ring (bicyclic) bond motifs is 1. The summed E-state index contributed by atoms with van der Waals surface area (Å²) in [7, 11) is -2.61. The Morgan fingerprint density at radius 1 is 0.962 bits per heavy atom. The van der Waals surface area contributed by atoms with Gasteiger partial charge in [-0.25, -0.2) is 0 Å². The molecule has 0 spiro atoms. The fourth-order valence-corrected chi connectivity index (χ4v) is 7.94. The summed E-state index contributed by atoms with van der Waals surface area (Å²) in [5.41, 5.74) is 0.870. The van der Waals surface area contributed by atoms with E-state index in [2.05, 4.69) is 42.1 Å². The van der Waals surface area contributed by atoms with Gasteiger partial charge in [0.1, 0.15) is 0 Å². The Morgan fingerprint density at radius 3 is 1.92 bits per heavy atom. The van der Waals surface area contributed by atoms with Gasteiger partial charge in [-0.3, -0.25) is 9.59 Å². The van der Waals surface area contributed by atoms with Gasteiger partial charge >= 0.3 is 7.87 Å². The minimum absolute atomic E-state index is 0.133. The van der Waals surface area contributed by atoms with Crippen molar-refractivity contribution in [1.29, 1.82) is 0 Å². The first-order chi connectivity index (χ1) is 12.5. The molecule has 2 rings (SSSR count). The number of nitrogens with one attached hydrogen (secondary N) is 1. The van der Waals surface area contributed by atoms with E-state index in [-0.39, 0.29) is 11.8 Å². The lowest BCUT2D eigenvalue weighted by Gasteiger charge is -2.44. The number of halogens is 1. The first-order valence-electron chi connectivity index (χ1n) is 9.21. The Kier molecular flexibility index (Phi) is 7.42. The lowest BCUT2D eigenvalue weighted by Crippen LogP contribution is -2.53. The molecule has 0 bridgehead atoms. The number of hydrogen-bond acceptors (Lipinski definition) is 4. The van der Waals surface area contributed by atoms with Crippen molar-refractivity contribution in [2.45, 2.75) is 27.7 Å². The fourth-order valence-electron chi connectivity index (χ4n) is 3.57. The van der Waals surface area contributed by atoms with E-state index < -0.39 is 7.87 Å². The van der Waals surface area contributed by atoms with Crippen LogP contribution in [0.4, 0.5) is 0 Å². The summed E-state index contributed by atoms with van der Waals surface area (Å²) in [5.74, 6) is -0.0153. The van der Waals surface area contributed by atoms with Gasteiger partial charge in [0.05, 0.1) is 17.7 Å². The lowest BCUT2D eigenvalue weighted by atomic mass is 10.1. The molecule has 0 saturated heterocycles. The summed E-state index contributed by atoms with van der Waals surface area (Å²) in [6.07, 6.45) is 0. The largest absolute Gasteiger partial charge is 0.359 e. The fraction of sp³-hybridized carbons (Fsp3) is 0.556. The first kappa shape index (κ1) is 21.1. The Hall–Kier alpha value is -1.20. The van der Waals surface area contributed by atoms with Crippen molar-refractivity contribution in [2.24, 2.45) is 0 Å². The molecule has 0 radical (unpaired) electrons. The SMILES string of the molecule is CCN(CC)[P+]1(N(CC)CC)NC(=O)c2ccccc2C(=O)N1CCCl. The summed E-state index contributed by atoms with van der Waals surface area (Å²) >= 11 is 6.10. The molecule has 6 nitrogen and oxygen atoms in total. The van der Waals surface area contributed by atoms with E-state index in [9.17, 15) is 9.59 Å². The number of carbonyl (C=O) groups excluding carboxylic acids is 2. The molecule has 1 aliphatic heterocycles. The third kappa shape index (κ3) is 3.48. The molecule has 2 amide bonds. The summed E-state index contributed by atoms with van der Waals surface area (Å²) in [6.45, 7) is 11.5. The normalized spacial score (nSPS) is 16.7. The maximum Gasteiger partial charge on any atom is 0.359 e. The molecular weight excluding hydrogens is 371 g/mol. The second-order valence-corrected chi connectivity index (χ2v) is 9.30. The minimum Gasteiger partial charge on any atom is -0.266 e. The quantitative estimate of drug-likeness (QED) is 0.537. The highest BCUT2D eigenvalue weighted by Crippen LogP contribution is 2.65. The number of nitrogens with zero attached hydrogens (tertiary/aromatic N) is 3. The van der Waals surface area contributed by atoms with E-state index in [0.29, 0.717) is 23.6 Å². The van der Waals surface area contributed by atoms with Gasteiger partial charge < -0.3 is 0 Å². The molecule has 1 aromatic rings. The zero-order chi connectivity index (χ0) is 19.3. The summed E-state index contributed by atoms with van der Waals surface area (Å²) in [4.78, 5) is 26.7. The van der Waals surface area contributed by atoms with Gasteiger partial charge in [-0.2, -0.15) is 9.76 Å².